The zero-order valence-electron chi connectivity index (χ0n) is 12.2. The summed E-state index contributed by atoms with van der Waals surface area (Å²) in [7, 11) is 1.67. The highest BCUT2D eigenvalue weighted by atomic mass is 35.5. The van der Waals surface area contributed by atoms with Crippen LogP contribution >= 0.6 is 12.4 Å². The summed E-state index contributed by atoms with van der Waals surface area (Å²) >= 11 is 0. The molecule has 0 atom stereocenters. The molecule has 0 aromatic heterocycles. The van der Waals surface area contributed by atoms with Crippen LogP contribution in [0.15, 0.2) is 42.5 Å². The maximum atomic E-state index is 5.77. The lowest BCUT2D eigenvalue weighted by molar-refractivity contribution is 0.410. The molecule has 0 radical (unpaired) electrons. The summed E-state index contributed by atoms with van der Waals surface area (Å²) in [4.78, 5) is 0. The van der Waals surface area contributed by atoms with Crippen molar-refractivity contribution in [1.82, 2.24) is 0 Å². The molecule has 0 aliphatic heterocycles. The number of benzene rings is 2. The average Bonchev–Trinajstić information content (AvgIpc) is 2.46. The average molecular weight is 292 g/mol. The lowest BCUT2D eigenvalue weighted by Gasteiger charge is -2.11. The van der Waals surface area contributed by atoms with Crippen molar-refractivity contribution in [3.63, 3.8) is 0 Å². The predicted molar refractivity (Wildman–Crippen MR) is 87.7 cm³/mol. The summed E-state index contributed by atoms with van der Waals surface area (Å²) in [5, 5.41) is 0. The maximum absolute atomic E-state index is 5.77. The molecule has 0 aliphatic carbocycles. The van der Waals surface area contributed by atoms with E-state index in [0.29, 0.717) is 12.5 Å². The topological polar surface area (TPSA) is 35.2 Å². The Bertz CT molecular complexity index is 567. The fourth-order valence-corrected chi connectivity index (χ4v) is 2.20. The molecule has 0 fully saturated rings. The van der Waals surface area contributed by atoms with Crippen LogP contribution in [0.4, 0.5) is 0 Å². The second-order valence-electron chi connectivity index (χ2n) is 5.01. The minimum absolute atomic E-state index is 0. The number of ether oxygens (including phenoxy) is 1. The monoisotopic (exact) mass is 291 g/mol. The lowest BCUT2D eigenvalue weighted by atomic mass is 9.96. The van der Waals surface area contributed by atoms with Gasteiger partial charge in [-0.05, 0) is 34.7 Å². The first-order valence-electron chi connectivity index (χ1n) is 6.63. The van der Waals surface area contributed by atoms with E-state index in [0.717, 1.165) is 11.3 Å². The quantitative estimate of drug-likeness (QED) is 0.908. The normalized spacial score (nSPS) is 10.2. The van der Waals surface area contributed by atoms with Gasteiger partial charge in [0.05, 0.1) is 7.11 Å². The SMILES string of the molecule is COc1ccc(-c2cccc(C(C)C)c2)cc1CN.Cl. The number of nitrogens with two attached hydrogens (primary N) is 1. The molecular weight excluding hydrogens is 270 g/mol. The van der Waals surface area contributed by atoms with Gasteiger partial charge < -0.3 is 10.5 Å². The van der Waals surface area contributed by atoms with E-state index >= 15 is 0 Å². The summed E-state index contributed by atoms with van der Waals surface area (Å²) < 4.78 is 5.31. The first kappa shape index (κ1) is 16.5. The molecule has 0 heterocycles. The van der Waals surface area contributed by atoms with Gasteiger partial charge in [0.2, 0.25) is 0 Å². The van der Waals surface area contributed by atoms with Crippen LogP contribution in [0.3, 0.4) is 0 Å². The van der Waals surface area contributed by atoms with E-state index in [4.69, 9.17) is 10.5 Å². The van der Waals surface area contributed by atoms with Crippen LogP contribution in [-0.2, 0) is 6.54 Å². The van der Waals surface area contributed by atoms with Gasteiger partial charge in [0.15, 0.2) is 0 Å². The number of hydrogen-bond donors (Lipinski definition) is 1. The van der Waals surface area contributed by atoms with E-state index in [1.165, 1.54) is 16.7 Å². The highest BCUT2D eigenvalue weighted by Gasteiger charge is 2.06. The van der Waals surface area contributed by atoms with Crippen molar-refractivity contribution in [2.45, 2.75) is 26.3 Å². The molecule has 2 aromatic carbocycles. The Labute approximate surface area is 127 Å². The second-order valence-corrected chi connectivity index (χ2v) is 5.01. The van der Waals surface area contributed by atoms with E-state index in [1.54, 1.807) is 7.11 Å². The van der Waals surface area contributed by atoms with Gasteiger partial charge in [-0.3, -0.25) is 0 Å². The first-order valence-corrected chi connectivity index (χ1v) is 6.63. The third-order valence-corrected chi connectivity index (χ3v) is 3.39. The fourth-order valence-electron chi connectivity index (χ4n) is 2.20. The van der Waals surface area contributed by atoms with Crippen molar-refractivity contribution < 1.29 is 4.74 Å². The van der Waals surface area contributed by atoms with Crippen LogP contribution in [-0.4, -0.2) is 7.11 Å². The highest BCUT2D eigenvalue weighted by Crippen LogP contribution is 2.28. The minimum Gasteiger partial charge on any atom is -0.496 e. The molecule has 0 spiro atoms. The first-order chi connectivity index (χ1) is 9.15. The smallest absolute Gasteiger partial charge is 0.123 e. The molecule has 3 heteroatoms. The Kier molecular flexibility index (Phi) is 6.05. The predicted octanol–water partition coefficient (Wildman–Crippen LogP) is 4.37. The second kappa shape index (κ2) is 7.32. The van der Waals surface area contributed by atoms with Gasteiger partial charge >= 0.3 is 0 Å². The van der Waals surface area contributed by atoms with Gasteiger partial charge in [0.1, 0.15) is 5.75 Å². The third kappa shape index (κ3) is 3.53. The van der Waals surface area contributed by atoms with Crippen molar-refractivity contribution in [1.29, 1.82) is 0 Å². The van der Waals surface area contributed by atoms with Gasteiger partial charge in [-0.25, -0.2) is 0 Å². The Balaban J connectivity index is 0.00000200. The molecule has 0 saturated heterocycles. The van der Waals surface area contributed by atoms with Crippen molar-refractivity contribution in [3.05, 3.63) is 53.6 Å². The number of halogens is 1. The van der Waals surface area contributed by atoms with E-state index in [9.17, 15) is 0 Å². The molecule has 0 aliphatic rings. The van der Waals surface area contributed by atoms with Crippen LogP contribution in [0.1, 0.15) is 30.9 Å². The Morgan fingerprint density at radius 2 is 1.75 bits per heavy atom. The van der Waals surface area contributed by atoms with Crippen LogP contribution in [0.25, 0.3) is 11.1 Å². The molecule has 2 nitrogen and oxygen atoms in total. The molecule has 2 aromatic rings. The van der Waals surface area contributed by atoms with E-state index < -0.39 is 0 Å². The maximum Gasteiger partial charge on any atom is 0.123 e. The zero-order valence-corrected chi connectivity index (χ0v) is 13.0. The Morgan fingerprint density at radius 3 is 2.35 bits per heavy atom. The standard InChI is InChI=1S/C17H21NO.ClH/c1-12(2)13-5-4-6-14(9-13)15-7-8-17(19-3)16(10-15)11-18;/h4-10,12H,11,18H2,1-3H3;1H. The van der Waals surface area contributed by atoms with Crippen LogP contribution < -0.4 is 10.5 Å². The Hall–Kier alpha value is -1.51. The van der Waals surface area contributed by atoms with Crippen LogP contribution in [0.2, 0.25) is 0 Å². The number of methoxy groups -OCH3 is 1. The molecule has 0 saturated carbocycles. The molecule has 0 amide bonds. The van der Waals surface area contributed by atoms with Gasteiger partial charge in [0.25, 0.3) is 0 Å². The number of hydrogen-bond acceptors (Lipinski definition) is 2. The van der Waals surface area contributed by atoms with Crippen molar-refractivity contribution in [2.75, 3.05) is 7.11 Å². The summed E-state index contributed by atoms with van der Waals surface area (Å²) in [5.74, 6) is 1.39. The molecule has 108 valence electrons. The largest absolute Gasteiger partial charge is 0.496 e. The van der Waals surface area contributed by atoms with Crippen LogP contribution in [0, 0.1) is 0 Å². The molecule has 0 unspecified atom stereocenters. The molecule has 20 heavy (non-hydrogen) atoms. The van der Waals surface area contributed by atoms with Gasteiger partial charge in [0, 0.05) is 12.1 Å². The number of rotatable bonds is 4. The third-order valence-electron chi connectivity index (χ3n) is 3.39. The van der Waals surface area contributed by atoms with Gasteiger partial charge in [-0.1, -0.05) is 44.2 Å². The van der Waals surface area contributed by atoms with Crippen molar-refractivity contribution >= 4 is 12.4 Å². The summed E-state index contributed by atoms with van der Waals surface area (Å²) in [6, 6.07) is 14.8. The zero-order chi connectivity index (χ0) is 13.8. The van der Waals surface area contributed by atoms with Gasteiger partial charge in [-0.2, -0.15) is 0 Å². The van der Waals surface area contributed by atoms with E-state index in [2.05, 4.69) is 50.2 Å². The van der Waals surface area contributed by atoms with Crippen molar-refractivity contribution in [2.24, 2.45) is 5.73 Å². The summed E-state index contributed by atoms with van der Waals surface area (Å²) in [6.07, 6.45) is 0. The van der Waals surface area contributed by atoms with E-state index in [-0.39, 0.29) is 12.4 Å². The lowest BCUT2D eigenvalue weighted by Crippen LogP contribution is -2.00. The summed E-state index contributed by atoms with van der Waals surface area (Å²) in [6.45, 7) is 4.90. The molecule has 0 bridgehead atoms. The fraction of sp³-hybridized carbons (Fsp3) is 0.294. The minimum atomic E-state index is 0. The molecular formula is C17H22ClNO. The summed E-state index contributed by atoms with van der Waals surface area (Å²) in [5.41, 5.74) is 10.6. The molecule has 2 N–H and O–H groups in total. The Morgan fingerprint density at radius 1 is 1.05 bits per heavy atom. The molecule has 2 rings (SSSR count). The van der Waals surface area contributed by atoms with Crippen molar-refractivity contribution in [3.8, 4) is 16.9 Å². The van der Waals surface area contributed by atoms with Crippen LogP contribution in [0.5, 0.6) is 5.75 Å². The highest BCUT2D eigenvalue weighted by molar-refractivity contribution is 5.85. The van der Waals surface area contributed by atoms with E-state index in [1.807, 2.05) is 6.07 Å². The van der Waals surface area contributed by atoms with Gasteiger partial charge in [-0.15, -0.1) is 12.4 Å².